The van der Waals surface area contributed by atoms with Crippen molar-refractivity contribution in [2.24, 2.45) is 5.92 Å². The minimum atomic E-state index is -0.0696. The summed E-state index contributed by atoms with van der Waals surface area (Å²) in [4.78, 5) is 25.4. The van der Waals surface area contributed by atoms with Crippen molar-refractivity contribution in [3.63, 3.8) is 0 Å². The van der Waals surface area contributed by atoms with Crippen LogP contribution in [-0.2, 0) is 4.74 Å². The number of ether oxygens (including phenoxy) is 1. The van der Waals surface area contributed by atoms with Gasteiger partial charge in [0, 0.05) is 56.5 Å². The van der Waals surface area contributed by atoms with E-state index in [-0.39, 0.29) is 17.9 Å². The van der Waals surface area contributed by atoms with Crippen LogP contribution in [-0.4, -0.2) is 64.8 Å². The molecule has 2 atom stereocenters. The third-order valence-electron chi connectivity index (χ3n) is 5.38. The average Bonchev–Trinajstić information content (AvgIpc) is 3.33. The van der Waals surface area contributed by atoms with Crippen molar-refractivity contribution in [1.29, 1.82) is 0 Å². The number of rotatable bonds is 3. The molecule has 0 unspecified atom stereocenters. The first-order chi connectivity index (χ1) is 12.8. The molecule has 3 fully saturated rings. The van der Waals surface area contributed by atoms with Gasteiger partial charge in [-0.2, -0.15) is 0 Å². The van der Waals surface area contributed by atoms with E-state index in [0.717, 1.165) is 31.7 Å². The highest BCUT2D eigenvalue weighted by molar-refractivity contribution is 5.92. The van der Waals surface area contributed by atoms with Gasteiger partial charge in [-0.05, 0) is 18.9 Å². The van der Waals surface area contributed by atoms with Crippen LogP contribution in [0, 0.1) is 5.92 Å². The van der Waals surface area contributed by atoms with Gasteiger partial charge in [0.1, 0.15) is 5.76 Å². The van der Waals surface area contributed by atoms with Crippen LogP contribution in [0.5, 0.6) is 0 Å². The second-order valence-corrected chi connectivity index (χ2v) is 7.26. The van der Waals surface area contributed by atoms with Crippen LogP contribution in [0.2, 0.25) is 0 Å². The minimum absolute atomic E-state index is 0.0439. The lowest BCUT2D eigenvalue weighted by atomic mass is 10.1. The van der Waals surface area contributed by atoms with Gasteiger partial charge in [-0.25, -0.2) is 9.97 Å². The maximum atomic E-state index is 12.8. The maximum Gasteiger partial charge on any atom is 0.276 e. The van der Waals surface area contributed by atoms with Gasteiger partial charge in [-0.15, -0.1) is 0 Å². The molecule has 4 heterocycles. The quantitative estimate of drug-likeness (QED) is 0.821. The second kappa shape index (κ2) is 6.35. The van der Waals surface area contributed by atoms with Crippen molar-refractivity contribution in [1.82, 2.24) is 20.0 Å². The van der Waals surface area contributed by atoms with Crippen molar-refractivity contribution in [2.75, 3.05) is 37.7 Å². The Morgan fingerprint density at radius 2 is 2.00 bits per heavy atom. The van der Waals surface area contributed by atoms with E-state index in [2.05, 4.69) is 20.0 Å². The monoisotopic (exact) mass is 355 g/mol. The number of aromatic nitrogens is 3. The van der Waals surface area contributed by atoms with Crippen molar-refractivity contribution < 1.29 is 14.1 Å². The molecule has 8 nitrogen and oxygen atoms in total. The number of nitrogens with zero attached hydrogens (tertiary/aromatic N) is 5. The van der Waals surface area contributed by atoms with Gasteiger partial charge < -0.3 is 19.1 Å². The molecule has 1 aliphatic carbocycles. The smallest absolute Gasteiger partial charge is 0.276 e. The van der Waals surface area contributed by atoms with E-state index in [1.54, 1.807) is 18.5 Å². The Morgan fingerprint density at radius 1 is 1.15 bits per heavy atom. The number of hydrogen-bond acceptors (Lipinski definition) is 7. The average molecular weight is 355 g/mol. The number of fused-ring (bicyclic) bond motifs is 1. The van der Waals surface area contributed by atoms with Crippen LogP contribution in [0.25, 0.3) is 0 Å². The van der Waals surface area contributed by atoms with E-state index in [1.165, 1.54) is 0 Å². The van der Waals surface area contributed by atoms with Crippen molar-refractivity contribution in [3.05, 3.63) is 36.0 Å². The number of likely N-dealkylation sites (tertiary alicyclic amines) is 1. The second-order valence-electron chi connectivity index (χ2n) is 7.26. The molecule has 0 aromatic carbocycles. The summed E-state index contributed by atoms with van der Waals surface area (Å²) in [6.45, 7) is 3.40. The Balaban J connectivity index is 1.28. The molecule has 0 bridgehead atoms. The van der Waals surface area contributed by atoms with E-state index >= 15 is 0 Å². The van der Waals surface area contributed by atoms with Crippen molar-refractivity contribution in [3.8, 4) is 0 Å². The zero-order valence-electron chi connectivity index (χ0n) is 14.5. The zero-order chi connectivity index (χ0) is 17.5. The normalized spacial score (nSPS) is 25.8. The van der Waals surface area contributed by atoms with Gasteiger partial charge in [-0.3, -0.25) is 4.79 Å². The first-order valence-corrected chi connectivity index (χ1v) is 9.17. The first-order valence-electron chi connectivity index (χ1n) is 9.17. The van der Waals surface area contributed by atoms with Gasteiger partial charge >= 0.3 is 0 Å². The summed E-state index contributed by atoms with van der Waals surface area (Å²) >= 11 is 0. The molecule has 2 aliphatic heterocycles. The highest BCUT2D eigenvalue weighted by atomic mass is 16.5. The Kier molecular flexibility index (Phi) is 3.85. The Labute approximate surface area is 151 Å². The molecule has 136 valence electrons. The molecular weight excluding hydrogens is 334 g/mol. The molecule has 0 radical (unpaired) electrons. The van der Waals surface area contributed by atoms with E-state index in [0.29, 0.717) is 37.3 Å². The number of amides is 1. The topological polar surface area (TPSA) is 84.6 Å². The van der Waals surface area contributed by atoms with E-state index < -0.39 is 0 Å². The van der Waals surface area contributed by atoms with Crippen LogP contribution in [0.1, 0.15) is 35.0 Å². The summed E-state index contributed by atoms with van der Waals surface area (Å²) in [5.41, 5.74) is 0.409. The van der Waals surface area contributed by atoms with E-state index in [1.807, 2.05) is 11.0 Å². The van der Waals surface area contributed by atoms with Crippen LogP contribution in [0.15, 0.2) is 29.0 Å². The Bertz CT molecular complexity index is 791. The number of hydrogen-bond donors (Lipinski definition) is 0. The number of anilines is 1. The molecule has 1 amide bonds. The molecule has 0 N–H and O–H groups in total. The SMILES string of the molecule is O=C(c1cc(C2CC2)on1)N1C[C@@H]2CN(c3ncccn3)CCO[C@@H]2C1. The van der Waals surface area contributed by atoms with Crippen LogP contribution in [0.4, 0.5) is 5.95 Å². The molecule has 8 heteroatoms. The Hall–Kier alpha value is -2.48. The third-order valence-corrected chi connectivity index (χ3v) is 5.38. The molecular formula is C18H21N5O3. The summed E-state index contributed by atoms with van der Waals surface area (Å²) in [6.07, 6.45) is 5.79. The molecule has 26 heavy (non-hydrogen) atoms. The minimum Gasteiger partial charge on any atom is -0.374 e. The van der Waals surface area contributed by atoms with Gasteiger partial charge in [0.2, 0.25) is 5.95 Å². The first kappa shape index (κ1) is 15.7. The molecule has 5 rings (SSSR count). The summed E-state index contributed by atoms with van der Waals surface area (Å²) in [5.74, 6) is 2.17. The fraction of sp³-hybridized carbons (Fsp3) is 0.556. The lowest BCUT2D eigenvalue weighted by Crippen LogP contribution is -2.34. The molecule has 2 aromatic rings. The molecule has 0 spiro atoms. The predicted octanol–water partition coefficient (Wildman–Crippen LogP) is 1.32. The lowest BCUT2D eigenvalue weighted by molar-refractivity contribution is 0.0496. The highest BCUT2D eigenvalue weighted by Gasteiger charge is 2.40. The van der Waals surface area contributed by atoms with Gasteiger partial charge in [0.15, 0.2) is 5.69 Å². The van der Waals surface area contributed by atoms with Crippen molar-refractivity contribution >= 4 is 11.9 Å². The van der Waals surface area contributed by atoms with Crippen LogP contribution < -0.4 is 4.90 Å². The summed E-state index contributed by atoms with van der Waals surface area (Å²) in [6, 6.07) is 3.61. The van der Waals surface area contributed by atoms with Crippen LogP contribution >= 0.6 is 0 Å². The van der Waals surface area contributed by atoms with Gasteiger partial charge in [0.05, 0.1) is 12.7 Å². The third kappa shape index (κ3) is 2.94. The van der Waals surface area contributed by atoms with Crippen molar-refractivity contribution in [2.45, 2.75) is 24.9 Å². The van der Waals surface area contributed by atoms with E-state index in [4.69, 9.17) is 9.26 Å². The zero-order valence-corrected chi connectivity index (χ0v) is 14.5. The summed E-state index contributed by atoms with van der Waals surface area (Å²) in [7, 11) is 0. The fourth-order valence-electron chi connectivity index (χ4n) is 3.81. The molecule has 3 aliphatic rings. The summed E-state index contributed by atoms with van der Waals surface area (Å²) in [5, 5.41) is 3.98. The maximum absolute atomic E-state index is 12.8. The molecule has 2 aromatic heterocycles. The highest BCUT2D eigenvalue weighted by Crippen LogP contribution is 2.40. The van der Waals surface area contributed by atoms with Gasteiger partial charge in [0.25, 0.3) is 5.91 Å². The number of carbonyl (C=O) groups excluding carboxylic acids is 1. The standard InChI is InChI=1S/C18H21N5O3/c24-17(14-8-15(26-21-14)12-2-3-12)23-10-13-9-22(6-7-25-16(13)11-23)18-19-4-1-5-20-18/h1,4-5,8,12-13,16H,2-3,6-7,9-11H2/t13-,16+/m0/s1. The fourth-order valence-corrected chi connectivity index (χ4v) is 3.81. The molecule has 1 saturated carbocycles. The van der Waals surface area contributed by atoms with Crippen LogP contribution in [0.3, 0.4) is 0 Å². The van der Waals surface area contributed by atoms with Gasteiger partial charge in [-0.1, -0.05) is 5.16 Å². The number of carbonyl (C=O) groups is 1. The van der Waals surface area contributed by atoms with E-state index in [9.17, 15) is 4.79 Å². The predicted molar refractivity (Wildman–Crippen MR) is 91.9 cm³/mol. The Morgan fingerprint density at radius 3 is 2.81 bits per heavy atom. The molecule has 2 saturated heterocycles. The lowest BCUT2D eigenvalue weighted by Gasteiger charge is -2.23. The summed E-state index contributed by atoms with van der Waals surface area (Å²) < 4.78 is 11.3. The largest absolute Gasteiger partial charge is 0.374 e.